The molecule has 1 radical (unpaired) electrons. The molecule has 0 bridgehead atoms. The van der Waals surface area contributed by atoms with Gasteiger partial charge in [-0.25, -0.2) is 9.78 Å². The van der Waals surface area contributed by atoms with E-state index in [9.17, 15) is 4.79 Å². The first-order chi connectivity index (χ1) is 10.9. The molecule has 5 nitrogen and oxygen atoms in total. The van der Waals surface area contributed by atoms with E-state index < -0.39 is 11.7 Å². The number of benzene rings is 1. The predicted molar refractivity (Wildman–Crippen MR) is 91.5 cm³/mol. The highest BCUT2D eigenvalue weighted by atomic mass is 32.1. The van der Waals surface area contributed by atoms with Crippen LogP contribution in [0.5, 0.6) is 0 Å². The lowest BCUT2D eigenvalue weighted by Gasteiger charge is -2.19. The van der Waals surface area contributed by atoms with Crippen molar-refractivity contribution >= 4 is 33.3 Å². The largest absolute Gasteiger partial charge is 0.444 e. The van der Waals surface area contributed by atoms with Gasteiger partial charge in [0.15, 0.2) is 0 Å². The van der Waals surface area contributed by atoms with Crippen LogP contribution in [0.1, 0.15) is 20.8 Å². The van der Waals surface area contributed by atoms with Crippen LogP contribution in [0, 0.1) is 6.20 Å². The Bertz CT molecular complexity index is 838. The number of ether oxygens (including phenoxy) is 1. The summed E-state index contributed by atoms with van der Waals surface area (Å²) >= 11 is 1.55. The van der Waals surface area contributed by atoms with Gasteiger partial charge in [0.1, 0.15) is 10.6 Å². The highest BCUT2D eigenvalue weighted by Crippen LogP contribution is 2.31. The van der Waals surface area contributed by atoms with Gasteiger partial charge in [0.25, 0.3) is 0 Å². The SMILES string of the molecule is CC(C)(C)OC(=O)Nc1ccc2nc(-c3cc[c]nc3)sc2c1. The molecule has 3 rings (SSSR count). The standard InChI is InChI=1S/C17H16N3O2S/c1-17(2,3)22-16(21)19-12-6-7-13-14(9-12)23-15(20-13)11-5-4-8-18-10-11/h4-7,9-10H,1-3H3,(H,19,21). The van der Waals surface area contributed by atoms with Gasteiger partial charge in [0, 0.05) is 17.4 Å². The van der Waals surface area contributed by atoms with Gasteiger partial charge in [0.05, 0.1) is 16.4 Å². The van der Waals surface area contributed by atoms with Crippen molar-refractivity contribution in [2.45, 2.75) is 26.4 Å². The summed E-state index contributed by atoms with van der Waals surface area (Å²) < 4.78 is 6.24. The van der Waals surface area contributed by atoms with Gasteiger partial charge < -0.3 is 4.74 Å². The summed E-state index contributed by atoms with van der Waals surface area (Å²) in [4.78, 5) is 20.4. The Morgan fingerprint density at radius 2 is 2.13 bits per heavy atom. The van der Waals surface area contributed by atoms with Crippen molar-refractivity contribution in [3.8, 4) is 10.6 Å². The van der Waals surface area contributed by atoms with Crippen molar-refractivity contribution in [2.75, 3.05) is 5.32 Å². The molecule has 6 heteroatoms. The fourth-order valence-corrected chi connectivity index (χ4v) is 2.99. The third-order valence-corrected chi connectivity index (χ3v) is 3.96. The fourth-order valence-electron chi connectivity index (χ4n) is 1.99. The second kappa shape index (κ2) is 5.96. The smallest absolute Gasteiger partial charge is 0.412 e. The third kappa shape index (κ3) is 3.84. The average Bonchev–Trinajstić information content (AvgIpc) is 2.89. The summed E-state index contributed by atoms with van der Waals surface area (Å²) in [6.07, 6.45) is 4.02. The van der Waals surface area contributed by atoms with Crippen molar-refractivity contribution < 1.29 is 9.53 Å². The number of hydrogen-bond donors (Lipinski definition) is 1. The maximum absolute atomic E-state index is 11.8. The van der Waals surface area contributed by atoms with Crippen LogP contribution in [0.4, 0.5) is 10.5 Å². The Labute approximate surface area is 138 Å². The van der Waals surface area contributed by atoms with E-state index in [1.165, 1.54) is 0 Å². The lowest BCUT2D eigenvalue weighted by atomic mass is 10.2. The zero-order valence-corrected chi connectivity index (χ0v) is 13.9. The molecule has 0 saturated heterocycles. The van der Waals surface area contributed by atoms with Crippen LogP contribution in [0.15, 0.2) is 36.5 Å². The van der Waals surface area contributed by atoms with Crippen LogP contribution in [-0.2, 0) is 4.74 Å². The first-order valence-corrected chi connectivity index (χ1v) is 7.95. The molecule has 0 aliphatic carbocycles. The van der Waals surface area contributed by atoms with E-state index >= 15 is 0 Å². The number of thiazole rings is 1. The molecular formula is C17H16N3O2S. The molecule has 0 atom stereocenters. The lowest BCUT2D eigenvalue weighted by molar-refractivity contribution is 0.0636. The number of hydrogen-bond acceptors (Lipinski definition) is 5. The Morgan fingerprint density at radius 3 is 2.83 bits per heavy atom. The van der Waals surface area contributed by atoms with E-state index in [2.05, 4.69) is 21.5 Å². The normalized spacial score (nSPS) is 11.4. The predicted octanol–water partition coefficient (Wildman–Crippen LogP) is 4.51. The summed E-state index contributed by atoms with van der Waals surface area (Å²) in [5.41, 5.74) is 1.99. The zero-order chi connectivity index (χ0) is 16.4. The highest BCUT2D eigenvalue weighted by molar-refractivity contribution is 7.21. The van der Waals surface area contributed by atoms with Crippen LogP contribution < -0.4 is 5.32 Å². The van der Waals surface area contributed by atoms with Crippen LogP contribution >= 0.6 is 11.3 Å². The van der Waals surface area contributed by atoms with Crippen molar-refractivity contribution in [1.82, 2.24) is 9.97 Å². The molecule has 1 amide bonds. The maximum Gasteiger partial charge on any atom is 0.412 e. The number of carbonyl (C=O) groups excluding carboxylic acids is 1. The Hall–Kier alpha value is -2.47. The molecule has 23 heavy (non-hydrogen) atoms. The highest BCUT2D eigenvalue weighted by Gasteiger charge is 2.16. The molecule has 0 aliphatic heterocycles. The minimum absolute atomic E-state index is 0.468. The third-order valence-electron chi connectivity index (χ3n) is 2.90. The van der Waals surface area contributed by atoms with E-state index in [4.69, 9.17) is 4.74 Å². The summed E-state index contributed by atoms with van der Waals surface area (Å²) in [7, 11) is 0. The van der Waals surface area contributed by atoms with Crippen molar-refractivity contribution in [3.05, 3.63) is 42.7 Å². The first kappa shape index (κ1) is 15.4. The molecule has 0 unspecified atom stereocenters. The van der Waals surface area contributed by atoms with Gasteiger partial charge in [-0.3, -0.25) is 10.3 Å². The summed E-state index contributed by atoms with van der Waals surface area (Å²) in [5, 5.41) is 3.63. The van der Waals surface area contributed by atoms with Gasteiger partial charge in [-0.1, -0.05) is 0 Å². The van der Waals surface area contributed by atoms with Crippen LogP contribution in [0.25, 0.3) is 20.8 Å². The summed E-state index contributed by atoms with van der Waals surface area (Å²) in [6, 6.07) is 9.27. The number of pyridine rings is 1. The Balaban J connectivity index is 1.84. The molecule has 1 aromatic carbocycles. The molecule has 0 aliphatic rings. The minimum atomic E-state index is -0.525. The van der Waals surface area contributed by atoms with Crippen LogP contribution in [0.3, 0.4) is 0 Å². The molecule has 3 aromatic rings. The first-order valence-electron chi connectivity index (χ1n) is 7.14. The zero-order valence-electron chi connectivity index (χ0n) is 13.1. The molecule has 2 heterocycles. The quantitative estimate of drug-likeness (QED) is 0.753. The van der Waals surface area contributed by atoms with E-state index in [0.29, 0.717) is 5.69 Å². The number of anilines is 1. The number of amides is 1. The number of rotatable bonds is 2. The monoisotopic (exact) mass is 326 g/mol. The van der Waals surface area contributed by atoms with E-state index in [1.54, 1.807) is 23.6 Å². The van der Waals surface area contributed by atoms with E-state index in [0.717, 1.165) is 20.8 Å². The van der Waals surface area contributed by atoms with Crippen LogP contribution in [-0.4, -0.2) is 21.7 Å². The number of fused-ring (bicyclic) bond motifs is 1. The number of nitrogens with zero attached hydrogens (tertiary/aromatic N) is 2. The second-order valence-electron chi connectivity index (χ2n) is 6.00. The lowest BCUT2D eigenvalue weighted by Crippen LogP contribution is -2.27. The van der Waals surface area contributed by atoms with E-state index in [-0.39, 0.29) is 0 Å². The van der Waals surface area contributed by atoms with Crippen molar-refractivity contribution in [2.24, 2.45) is 0 Å². The summed E-state index contributed by atoms with van der Waals surface area (Å²) in [6.45, 7) is 5.49. The van der Waals surface area contributed by atoms with E-state index in [1.807, 2.05) is 45.0 Å². The van der Waals surface area contributed by atoms with Crippen LogP contribution in [0.2, 0.25) is 0 Å². The topological polar surface area (TPSA) is 64.1 Å². The van der Waals surface area contributed by atoms with Gasteiger partial charge in [-0.15, -0.1) is 11.3 Å². The minimum Gasteiger partial charge on any atom is -0.444 e. The van der Waals surface area contributed by atoms with Gasteiger partial charge in [-0.2, -0.15) is 0 Å². The Kier molecular flexibility index (Phi) is 4.00. The average molecular weight is 326 g/mol. The molecule has 1 N–H and O–H groups in total. The molecule has 0 spiro atoms. The van der Waals surface area contributed by atoms with Crippen molar-refractivity contribution in [1.29, 1.82) is 0 Å². The second-order valence-corrected chi connectivity index (χ2v) is 7.04. The molecule has 117 valence electrons. The Morgan fingerprint density at radius 1 is 1.30 bits per heavy atom. The number of nitrogens with one attached hydrogen (secondary N) is 1. The van der Waals surface area contributed by atoms with Gasteiger partial charge >= 0.3 is 6.09 Å². The molecule has 0 saturated carbocycles. The van der Waals surface area contributed by atoms with Gasteiger partial charge in [0.2, 0.25) is 0 Å². The molecule has 2 aromatic heterocycles. The molecular weight excluding hydrogens is 310 g/mol. The fraction of sp³-hybridized carbons (Fsp3) is 0.235. The van der Waals surface area contributed by atoms with Gasteiger partial charge in [-0.05, 0) is 51.1 Å². The van der Waals surface area contributed by atoms with Crippen molar-refractivity contribution in [3.63, 3.8) is 0 Å². The number of aromatic nitrogens is 2. The molecule has 0 fully saturated rings. The maximum atomic E-state index is 11.8. The summed E-state index contributed by atoms with van der Waals surface area (Å²) in [5.74, 6) is 0. The number of carbonyl (C=O) groups is 1.